The Morgan fingerprint density at radius 1 is 1.27 bits per heavy atom. The van der Waals surface area contributed by atoms with Gasteiger partial charge < -0.3 is 5.73 Å². The minimum Gasteiger partial charge on any atom is -0.328 e. The Bertz CT molecular complexity index is 112. The third-order valence-electron chi connectivity index (χ3n) is 2.82. The Kier molecular flexibility index (Phi) is 2.94. The van der Waals surface area contributed by atoms with Gasteiger partial charge in [-0.3, -0.25) is 0 Å². The molecule has 1 aliphatic rings. The van der Waals surface area contributed by atoms with Crippen molar-refractivity contribution in [3.8, 4) is 0 Å². The van der Waals surface area contributed by atoms with Crippen molar-refractivity contribution in [1.29, 1.82) is 0 Å². The van der Waals surface area contributed by atoms with Crippen LogP contribution >= 0.6 is 0 Å². The summed E-state index contributed by atoms with van der Waals surface area (Å²) < 4.78 is 0. The molecular formula is C10H21N. The van der Waals surface area contributed by atoms with E-state index in [4.69, 9.17) is 5.73 Å². The van der Waals surface area contributed by atoms with Crippen molar-refractivity contribution in [2.45, 2.75) is 46.1 Å². The van der Waals surface area contributed by atoms with Crippen molar-refractivity contribution >= 4 is 0 Å². The summed E-state index contributed by atoms with van der Waals surface area (Å²) in [5.74, 6) is 2.69. The maximum absolute atomic E-state index is 5.79. The normalized spacial score (nSPS) is 33.5. The molecule has 1 aliphatic carbocycles. The van der Waals surface area contributed by atoms with Crippen molar-refractivity contribution < 1.29 is 0 Å². The lowest BCUT2D eigenvalue weighted by atomic mass is 9.69. The second-order valence-electron chi connectivity index (χ2n) is 4.59. The van der Waals surface area contributed by atoms with E-state index in [9.17, 15) is 0 Å². The molecule has 1 heteroatoms. The molecule has 1 unspecified atom stereocenters. The summed E-state index contributed by atoms with van der Waals surface area (Å²) in [5, 5.41) is 0. The SMILES string of the molecule is CC(C)CC1CC(C(C)N)C1. The summed E-state index contributed by atoms with van der Waals surface area (Å²) in [6.45, 7) is 6.74. The lowest BCUT2D eigenvalue weighted by molar-refractivity contribution is 0.144. The highest BCUT2D eigenvalue weighted by Gasteiger charge is 2.31. The van der Waals surface area contributed by atoms with Crippen molar-refractivity contribution in [3.63, 3.8) is 0 Å². The zero-order valence-electron chi connectivity index (χ0n) is 8.01. The van der Waals surface area contributed by atoms with E-state index in [0.717, 1.165) is 17.8 Å². The molecule has 1 fully saturated rings. The van der Waals surface area contributed by atoms with Crippen molar-refractivity contribution in [2.75, 3.05) is 0 Å². The minimum atomic E-state index is 0.429. The molecule has 0 aliphatic heterocycles. The first-order chi connectivity index (χ1) is 5.09. The maximum atomic E-state index is 5.79. The van der Waals surface area contributed by atoms with Gasteiger partial charge in [-0.2, -0.15) is 0 Å². The van der Waals surface area contributed by atoms with Crippen LogP contribution in [-0.2, 0) is 0 Å². The van der Waals surface area contributed by atoms with E-state index in [-0.39, 0.29) is 0 Å². The highest BCUT2D eigenvalue weighted by molar-refractivity contribution is 4.84. The van der Waals surface area contributed by atoms with E-state index in [1.807, 2.05) is 0 Å². The molecule has 11 heavy (non-hydrogen) atoms. The van der Waals surface area contributed by atoms with Crippen molar-refractivity contribution in [3.05, 3.63) is 0 Å². The zero-order valence-corrected chi connectivity index (χ0v) is 8.01. The fourth-order valence-corrected chi connectivity index (χ4v) is 2.08. The molecule has 0 aromatic carbocycles. The monoisotopic (exact) mass is 155 g/mol. The van der Waals surface area contributed by atoms with Crippen LogP contribution in [0, 0.1) is 17.8 Å². The molecule has 1 rings (SSSR count). The van der Waals surface area contributed by atoms with Crippen LogP contribution < -0.4 is 5.73 Å². The second kappa shape index (κ2) is 3.57. The summed E-state index contributed by atoms with van der Waals surface area (Å²) in [5.41, 5.74) is 5.79. The van der Waals surface area contributed by atoms with Gasteiger partial charge in [0.15, 0.2) is 0 Å². The molecule has 0 aromatic heterocycles. The third-order valence-corrected chi connectivity index (χ3v) is 2.82. The largest absolute Gasteiger partial charge is 0.328 e. The van der Waals surface area contributed by atoms with Gasteiger partial charge >= 0.3 is 0 Å². The standard InChI is InChI=1S/C10H21N/c1-7(2)4-9-5-10(6-9)8(3)11/h7-10H,4-6,11H2,1-3H3. The van der Waals surface area contributed by atoms with Crippen LogP contribution in [0.15, 0.2) is 0 Å². The van der Waals surface area contributed by atoms with Gasteiger partial charge in [0, 0.05) is 6.04 Å². The molecule has 0 radical (unpaired) electrons. The summed E-state index contributed by atoms with van der Waals surface area (Å²) >= 11 is 0. The van der Waals surface area contributed by atoms with Crippen molar-refractivity contribution in [2.24, 2.45) is 23.5 Å². The van der Waals surface area contributed by atoms with Gasteiger partial charge in [-0.15, -0.1) is 0 Å². The van der Waals surface area contributed by atoms with E-state index in [1.54, 1.807) is 0 Å². The van der Waals surface area contributed by atoms with Gasteiger partial charge in [0.25, 0.3) is 0 Å². The molecule has 1 atom stereocenters. The van der Waals surface area contributed by atoms with Gasteiger partial charge in [0.05, 0.1) is 0 Å². The Labute approximate surface area is 70.4 Å². The van der Waals surface area contributed by atoms with Crippen LogP contribution in [0.3, 0.4) is 0 Å². The second-order valence-corrected chi connectivity index (χ2v) is 4.59. The van der Waals surface area contributed by atoms with Crippen LogP contribution in [0.5, 0.6) is 0 Å². The average Bonchev–Trinajstić information content (AvgIpc) is 1.75. The predicted octanol–water partition coefficient (Wildman–Crippen LogP) is 2.41. The first-order valence-corrected chi connectivity index (χ1v) is 4.85. The highest BCUT2D eigenvalue weighted by Crippen LogP contribution is 2.39. The summed E-state index contributed by atoms with van der Waals surface area (Å²) in [6.07, 6.45) is 4.18. The smallest absolute Gasteiger partial charge is 0.00389 e. The first kappa shape index (κ1) is 9.05. The fourth-order valence-electron chi connectivity index (χ4n) is 2.08. The molecule has 0 saturated heterocycles. The van der Waals surface area contributed by atoms with Crippen molar-refractivity contribution in [1.82, 2.24) is 0 Å². The minimum absolute atomic E-state index is 0.429. The average molecular weight is 155 g/mol. The summed E-state index contributed by atoms with van der Waals surface area (Å²) in [4.78, 5) is 0. The van der Waals surface area contributed by atoms with Crippen LogP contribution in [0.4, 0.5) is 0 Å². The van der Waals surface area contributed by atoms with Crippen LogP contribution in [0.25, 0.3) is 0 Å². The number of hydrogen-bond donors (Lipinski definition) is 1. The van der Waals surface area contributed by atoms with Crippen LogP contribution in [0.1, 0.15) is 40.0 Å². The molecule has 2 N–H and O–H groups in total. The topological polar surface area (TPSA) is 26.0 Å². The molecule has 0 aromatic rings. The van der Waals surface area contributed by atoms with E-state index in [1.165, 1.54) is 19.3 Å². The Morgan fingerprint density at radius 2 is 1.82 bits per heavy atom. The van der Waals surface area contributed by atoms with Crippen LogP contribution in [-0.4, -0.2) is 6.04 Å². The Morgan fingerprint density at radius 3 is 2.18 bits per heavy atom. The molecule has 0 amide bonds. The Hall–Kier alpha value is -0.0400. The van der Waals surface area contributed by atoms with Gasteiger partial charge in [0.2, 0.25) is 0 Å². The molecule has 0 spiro atoms. The first-order valence-electron chi connectivity index (χ1n) is 4.85. The predicted molar refractivity (Wildman–Crippen MR) is 49.3 cm³/mol. The van der Waals surface area contributed by atoms with Gasteiger partial charge in [-0.1, -0.05) is 13.8 Å². The lowest BCUT2D eigenvalue weighted by Crippen LogP contribution is -2.37. The number of nitrogens with two attached hydrogens (primary N) is 1. The quantitative estimate of drug-likeness (QED) is 0.665. The molecule has 1 nitrogen and oxygen atoms in total. The number of rotatable bonds is 3. The molecular weight excluding hydrogens is 134 g/mol. The highest BCUT2D eigenvalue weighted by atomic mass is 14.6. The van der Waals surface area contributed by atoms with E-state index in [2.05, 4.69) is 20.8 Å². The lowest BCUT2D eigenvalue weighted by Gasteiger charge is -2.38. The van der Waals surface area contributed by atoms with Crippen LogP contribution in [0.2, 0.25) is 0 Å². The molecule has 0 bridgehead atoms. The molecule has 0 heterocycles. The summed E-state index contributed by atoms with van der Waals surface area (Å²) in [6, 6.07) is 0.429. The van der Waals surface area contributed by atoms with Gasteiger partial charge in [-0.05, 0) is 43.9 Å². The number of hydrogen-bond acceptors (Lipinski definition) is 1. The zero-order chi connectivity index (χ0) is 8.43. The fraction of sp³-hybridized carbons (Fsp3) is 1.00. The Balaban J connectivity index is 2.09. The van der Waals surface area contributed by atoms with E-state index >= 15 is 0 Å². The third kappa shape index (κ3) is 2.48. The summed E-state index contributed by atoms with van der Waals surface area (Å²) in [7, 11) is 0. The van der Waals surface area contributed by atoms with Gasteiger partial charge in [0.1, 0.15) is 0 Å². The maximum Gasteiger partial charge on any atom is 0.00389 e. The van der Waals surface area contributed by atoms with Gasteiger partial charge in [-0.25, -0.2) is 0 Å². The molecule has 1 saturated carbocycles. The van der Waals surface area contributed by atoms with E-state index in [0.29, 0.717) is 6.04 Å². The molecule has 66 valence electrons. The van der Waals surface area contributed by atoms with E-state index < -0.39 is 0 Å².